The summed E-state index contributed by atoms with van der Waals surface area (Å²) in [6.45, 7) is 1.72. The Morgan fingerprint density at radius 2 is 1.70 bits per heavy atom. The maximum Gasteiger partial charge on any atom is 0.416 e. The second kappa shape index (κ2) is 12.1. The summed E-state index contributed by atoms with van der Waals surface area (Å²) in [5.74, 6) is 0.181. The van der Waals surface area contributed by atoms with Crippen LogP contribution >= 0.6 is 0 Å². The van der Waals surface area contributed by atoms with E-state index < -0.39 is 17.6 Å². The van der Waals surface area contributed by atoms with Crippen LogP contribution in [0.3, 0.4) is 0 Å². The maximum absolute atomic E-state index is 14.5. The molecule has 3 aromatic heterocycles. The summed E-state index contributed by atoms with van der Waals surface area (Å²) in [5.41, 5.74) is 3.24. The van der Waals surface area contributed by atoms with Crippen molar-refractivity contribution in [3.8, 4) is 39.8 Å². The number of carbonyl (C=O) groups is 1. The predicted molar refractivity (Wildman–Crippen MR) is 169 cm³/mol. The topological polar surface area (TPSA) is 104 Å². The van der Waals surface area contributed by atoms with Gasteiger partial charge in [0, 0.05) is 42.7 Å². The van der Waals surface area contributed by atoms with E-state index in [1.165, 1.54) is 11.0 Å². The SMILES string of the molecule is Cn1cnnc1-c1cc(C#N)ccc1-c1cc(-c2ccncc2)nc(N2Cc3c(cc(CN4CCCCC4)cc3C(F)(F)F)C2=O)c1. The van der Waals surface area contributed by atoms with Crippen molar-refractivity contribution >= 4 is 11.7 Å². The summed E-state index contributed by atoms with van der Waals surface area (Å²) < 4.78 is 45.2. The van der Waals surface area contributed by atoms with Crippen molar-refractivity contribution in [3.63, 3.8) is 0 Å². The van der Waals surface area contributed by atoms with Crippen molar-refractivity contribution < 1.29 is 18.0 Å². The summed E-state index contributed by atoms with van der Waals surface area (Å²) in [7, 11) is 1.79. The van der Waals surface area contributed by atoms with Crippen molar-refractivity contribution in [2.24, 2.45) is 7.05 Å². The van der Waals surface area contributed by atoms with E-state index in [-0.39, 0.29) is 23.5 Å². The molecule has 0 saturated carbocycles. The molecule has 1 amide bonds. The molecule has 7 rings (SSSR count). The molecule has 0 unspecified atom stereocenters. The van der Waals surface area contributed by atoms with Crippen LogP contribution in [-0.4, -0.2) is 48.6 Å². The number of pyridine rings is 2. The highest BCUT2D eigenvalue weighted by Gasteiger charge is 2.41. The zero-order valence-corrected chi connectivity index (χ0v) is 25.5. The van der Waals surface area contributed by atoms with Crippen LogP contribution in [0.15, 0.2) is 73.3 Å². The molecule has 5 heterocycles. The number of nitrogens with zero attached hydrogens (tertiary/aromatic N) is 8. The van der Waals surface area contributed by atoms with Crippen molar-refractivity contribution in [1.29, 1.82) is 5.26 Å². The van der Waals surface area contributed by atoms with Crippen LogP contribution < -0.4 is 4.90 Å². The molecule has 0 atom stereocenters. The van der Waals surface area contributed by atoms with Crippen LogP contribution in [0.5, 0.6) is 0 Å². The van der Waals surface area contributed by atoms with Gasteiger partial charge in [-0.3, -0.25) is 19.6 Å². The first-order valence-corrected chi connectivity index (χ1v) is 15.3. The maximum atomic E-state index is 14.5. The number of halogens is 3. The van der Waals surface area contributed by atoms with Gasteiger partial charge in [0.25, 0.3) is 5.91 Å². The molecule has 236 valence electrons. The van der Waals surface area contributed by atoms with Gasteiger partial charge in [0.15, 0.2) is 5.82 Å². The molecular weight excluding hydrogens is 605 g/mol. The first-order valence-electron chi connectivity index (χ1n) is 15.3. The standard InChI is InChI=1S/C35H29F3N8O/c1-44-21-41-43-33(44)27-13-22(18-39)5-6-26(27)25-16-31(24-7-9-40-10-8-24)42-32(17-25)46-20-29-28(34(46)47)14-23(15-30(29)35(36,37)38)19-45-11-3-2-4-12-45/h5-10,13-17,21H,2-4,11-12,19-20H2,1H3. The molecule has 1 saturated heterocycles. The summed E-state index contributed by atoms with van der Waals surface area (Å²) in [5, 5.41) is 17.9. The van der Waals surface area contributed by atoms with E-state index in [0.717, 1.165) is 32.4 Å². The number of aromatic nitrogens is 5. The molecule has 0 aliphatic carbocycles. The van der Waals surface area contributed by atoms with Gasteiger partial charge in [0.2, 0.25) is 0 Å². The summed E-state index contributed by atoms with van der Waals surface area (Å²) >= 11 is 0. The average molecular weight is 635 g/mol. The van der Waals surface area contributed by atoms with Crippen LogP contribution in [0.2, 0.25) is 0 Å². The zero-order chi connectivity index (χ0) is 32.7. The molecule has 0 radical (unpaired) electrons. The van der Waals surface area contributed by atoms with Gasteiger partial charge >= 0.3 is 6.18 Å². The van der Waals surface area contributed by atoms with Crippen molar-refractivity contribution in [3.05, 3.63) is 101 Å². The highest BCUT2D eigenvalue weighted by Crippen LogP contribution is 2.41. The molecule has 9 nitrogen and oxygen atoms in total. The molecule has 0 bridgehead atoms. The van der Waals surface area contributed by atoms with Crippen LogP contribution in [0, 0.1) is 11.3 Å². The van der Waals surface area contributed by atoms with Crippen molar-refractivity contribution in [1.82, 2.24) is 29.6 Å². The van der Waals surface area contributed by atoms with E-state index in [0.29, 0.717) is 51.4 Å². The lowest BCUT2D eigenvalue weighted by Gasteiger charge is -2.27. The van der Waals surface area contributed by atoms with E-state index in [9.17, 15) is 23.2 Å². The summed E-state index contributed by atoms with van der Waals surface area (Å²) in [4.78, 5) is 26.4. The van der Waals surface area contributed by atoms with Crippen LogP contribution in [-0.2, 0) is 26.3 Å². The monoisotopic (exact) mass is 634 g/mol. The number of benzene rings is 2. The number of aryl methyl sites for hydroxylation is 1. The summed E-state index contributed by atoms with van der Waals surface area (Å²) in [6.07, 6.45) is 3.27. The molecule has 0 spiro atoms. The third-order valence-electron chi connectivity index (χ3n) is 8.74. The number of anilines is 1. The number of nitriles is 1. The number of amides is 1. The van der Waals surface area contributed by atoms with E-state index in [2.05, 4.69) is 26.2 Å². The first-order chi connectivity index (χ1) is 22.7. The largest absolute Gasteiger partial charge is 0.416 e. The number of hydrogen-bond acceptors (Lipinski definition) is 7. The van der Waals surface area contributed by atoms with Gasteiger partial charge in [-0.15, -0.1) is 10.2 Å². The van der Waals surface area contributed by atoms with Crippen LogP contribution in [0.4, 0.5) is 19.0 Å². The Labute approximate surface area is 268 Å². The van der Waals surface area contributed by atoms with Crippen LogP contribution in [0.1, 0.15) is 51.9 Å². The number of piperidine rings is 1. The molecular formula is C35H29F3N8O. The van der Waals surface area contributed by atoms with E-state index in [1.54, 1.807) is 72.8 Å². The second-order valence-corrected chi connectivity index (χ2v) is 11.9. The van der Waals surface area contributed by atoms with Crippen molar-refractivity contribution in [2.45, 2.75) is 38.5 Å². The Bertz CT molecular complexity index is 2030. The minimum atomic E-state index is -4.64. The minimum Gasteiger partial charge on any atom is -0.317 e. The summed E-state index contributed by atoms with van der Waals surface area (Å²) in [6, 6.07) is 17.2. The lowest BCUT2D eigenvalue weighted by atomic mass is 9.96. The Hall–Kier alpha value is -5.41. The smallest absolute Gasteiger partial charge is 0.317 e. The van der Waals surface area contributed by atoms with Gasteiger partial charge in [-0.25, -0.2) is 4.98 Å². The fourth-order valence-electron chi connectivity index (χ4n) is 6.43. The quantitative estimate of drug-likeness (QED) is 0.206. The second-order valence-electron chi connectivity index (χ2n) is 11.9. The average Bonchev–Trinajstić information content (AvgIpc) is 3.66. The number of alkyl halides is 3. The van der Waals surface area contributed by atoms with Crippen molar-refractivity contribution in [2.75, 3.05) is 18.0 Å². The van der Waals surface area contributed by atoms with Crippen LogP contribution in [0.25, 0.3) is 33.8 Å². The molecule has 0 N–H and O–H groups in total. The molecule has 47 heavy (non-hydrogen) atoms. The Morgan fingerprint density at radius 3 is 2.40 bits per heavy atom. The third kappa shape index (κ3) is 5.86. The number of hydrogen-bond donors (Lipinski definition) is 0. The molecule has 2 aliphatic rings. The minimum absolute atomic E-state index is 0.0441. The van der Waals surface area contributed by atoms with E-state index in [4.69, 9.17) is 4.98 Å². The molecule has 12 heteroatoms. The molecule has 1 fully saturated rings. The Kier molecular flexibility index (Phi) is 7.77. The third-order valence-corrected chi connectivity index (χ3v) is 8.74. The highest BCUT2D eigenvalue weighted by molar-refractivity contribution is 6.10. The van der Waals surface area contributed by atoms with Gasteiger partial charge in [-0.1, -0.05) is 12.5 Å². The van der Waals surface area contributed by atoms with E-state index >= 15 is 0 Å². The number of rotatable bonds is 6. The van der Waals surface area contributed by atoms with Gasteiger partial charge in [-0.2, -0.15) is 18.4 Å². The molecule has 5 aromatic rings. The number of likely N-dealkylation sites (tertiary alicyclic amines) is 1. The lowest BCUT2D eigenvalue weighted by Crippen LogP contribution is -2.29. The zero-order valence-electron chi connectivity index (χ0n) is 25.5. The lowest BCUT2D eigenvalue weighted by molar-refractivity contribution is -0.138. The van der Waals surface area contributed by atoms with Gasteiger partial charge in [0.1, 0.15) is 12.1 Å². The fourth-order valence-corrected chi connectivity index (χ4v) is 6.43. The van der Waals surface area contributed by atoms with Gasteiger partial charge in [0.05, 0.1) is 29.4 Å². The van der Waals surface area contributed by atoms with Gasteiger partial charge in [-0.05, 0) is 96.7 Å². The number of fused-ring (bicyclic) bond motifs is 1. The number of carbonyl (C=O) groups excluding carboxylic acids is 1. The molecule has 2 aliphatic heterocycles. The van der Waals surface area contributed by atoms with Gasteiger partial charge < -0.3 is 4.57 Å². The normalized spacial score (nSPS) is 15.1. The first kappa shape index (κ1) is 30.3. The Balaban J connectivity index is 1.36. The highest BCUT2D eigenvalue weighted by atomic mass is 19.4. The van der Waals surface area contributed by atoms with E-state index in [1.807, 2.05) is 6.07 Å². The Morgan fingerprint density at radius 1 is 0.915 bits per heavy atom. The fraction of sp³-hybridized carbons (Fsp3) is 0.257. The molecule has 2 aromatic carbocycles. The predicted octanol–water partition coefficient (Wildman–Crippen LogP) is 6.64.